The Labute approximate surface area is 110 Å². The van der Waals surface area contributed by atoms with Crippen molar-refractivity contribution in [2.45, 2.75) is 13.8 Å². The predicted octanol–water partition coefficient (Wildman–Crippen LogP) is 2.38. The van der Waals surface area contributed by atoms with Crippen LogP contribution in [0.1, 0.15) is 13.8 Å². The Kier molecular flexibility index (Phi) is 4.54. The van der Waals surface area contributed by atoms with E-state index in [1.807, 2.05) is 12.1 Å². The van der Waals surface area contributed by atoms with E-state index in [9.17, 15) is 4.79 Å². The van der Waals surface area contributed by atoms with Crippen LogP contribution < -0.4 is 15.8 Å². The SMILES string of the molecule is COc1cc(Br)cc(NC(=O)C(C)(C)CN)c1. The molecule has 0 spiro atoms. The molecule has 94 valence electrons. The summed E-state index contributed by atoms with van der Waals surface area (Å²) in [5, 5.41) is 2.82. The highest BCUT2D eigenvalue weighted by Gasteiger charge is 2.25. The summed E-state index contributed by atoms with van der Waals surface area (Å²) >= 11 is 3.36. The van der Waals surface area contributed by atoms with E-state index >= 15 is 0 Å². The predicted molar refractivity (Wildman–Crippen MR) is 72.2 cm³/mol. The summed E-state index contributed by atoms with van der Waals surface area (Å²) in [4.78, 5) is 11.9. The first-order chi connectivity index (χ1) is 7.89. The molecule has 0 radical (unpaired) electrons. The van der Waals surface area contributed by atoms with Gasteiger partial charge in [-0.05, 0) is 26.0 Å². The number of carbonyl (C=O) groups is 1. The summed E-state index contributed by atoms with van der Waals surface area (Å²) in [5.41, 5.74) is 5.65. The fraction of sp³-hybridized carbons (Fsp3) is 0.417. The molecule has 0 aliphatic carbocycles. The summed E-state index contributed by atoms with van der Waals surface area (Å²) in [6, 6.07) is 5.39. The van der Waals surface area contributed by atoms with Gasteiger partial charge in [0.1, 0.15) is 5.75 Å². The number of hydrogen-bond donors (Lipinski definition) is 2. The van der Waals surface area contributed by atoms with Crippen LogP contribution in [0.15, 0.2) is 22.7 Å². The first-order valence-electron chi connectivity index (χ1n) is 5.25. The third kappa shape index (κ3) is 3.71. The number of nitrogens with two attached hydrogens (primary N) is 1. The van der Waals surface area contributed by atoms with Crippen molar-refractivity contribution in [1.29, 1.82) is 0 Å². The van der Waals surface area contributed by atoms with Crippen LogP contribution in [0, 0.1) is 5.41 Å². The van der Waals surface area contributed by atoms with E-state index in [4.69, 9.17) is 10.5 Å². The molecule has 5 heteroatoms. The van der Waals surface area contributed by atoms with E-state index < -0.39 is 5.41 Å². The zero-order valence-electron chi connectivity index (χ0n) is 10.2. The number of methoxy groups -OCH3 is 1. The molecule has 0 bridgehead atoms. The zero-order valence-corrected chi connectivity index (χ0v) is 11.8. The van der Waals surface area contributed by atoms with Gasteiger partial charge in [-0.15, -0.1) is 0 Å². The standard InChI is InChI=1S/C12H17BrN2O2/c1-12(2,7-14)11(16)15-9-4-8(13)5-10(6-9)17-3/h4-6H,7,14H2,1-3H3,(H,15,16). The van der Waals surface area contributed by atoms with E-state index in [1.54, 1.807) is 27.0 Å². The van der Waals surface area contributed by atoms with Crippen molar-refractivity contribution in [2.75, 3.05) is 19.0 Å². The van der Waals surface area contributed by atoms with Crippen molar-refractivity contribution in [3.8, 4) is 5.75 Å². The number of benzene rings is 1. The molecular formula is C12H17BrN2O2. The number of amides is 1. The third-order valence-electron chi connectivity index (χ3n) is 2.49. The van der Waals surface area contributed by atoms with Gasteiger partial charge < -0.3 is 15.8 Å². The highest BCUT2D eigenvalue weighted by Crippen LogP contribution is 2.26. The van der Waals surface area contributed by atoms with Crippen molar-refractivity contribution in [3.63, 3.8) is 0 Å². The van der Waals surface area contributed by atoms with Crippen molar-refractivity contribution < 1.29 is 9.53 Å². The van der Waals surface area contributed by atoms with E-state index in [1.165, 1.54) is 0 Å². The molecule has 0 aliphatic heterocycles. The van der Waals surface area contributed by atoms with Gasteiger partial charge in [-0.25, -0.2) is 0 Å². The van der Waals surface area contributed by atoms with Gasteiger partial charge in [-0.3, -0.25) is 4.79 Å². The monoisotopic (exact) mass is 300 g/mol. The minimum absolute atomic E-state index is 0.111. The van der Waals surface area contributed by atoms with Crippen LogP contribution in [0.5, 0.6) is 5.75 Å². The molecule has 0 heterocycles. The first-order valence-corrected chi connectivity index (χ1v) is 6.04. The van der Waals surface area contributed by atoms with Gasteiger partial charge in [0.05, 0.1) is 12.5 Å². The summed E-state index contributed by atoms with van der Waals surface area (Å²) in [5.74, 6) is 0.570. The maximum atomic E-state index is 11.9. The Morgan fingerprint density at radius 3 is 2.65 bits per heavy atom. The highest BCUT2D eigenvalue weighted by molar-refractivity contribution is 9.10. The molecule has 17 heavy (non-hydrogen) atoms. The minimum atomic E-state index is -0.588. The Morgan fingerprint density at radius 1 is 1.47 bits per heavy atom. The number of halogens is 1. The second-order valence-electron chi connectivity index (χ2n) is 4.42. The summed E-state index contributed by atoms with van der Waals surface area (Å²) in [6.07, 6.45) is 0. The molecule has 0 saturated carbocycles. The molecule has 0 atom stereocenters. The van der Waals surface area contributed by atoms with Gasteiger partial charge in [-0.1, -0.05) is 15.9 Å². The molecule has 0 saturated heterocycles. The Bertz CT molecular complexity index is 419. The number of anilines is 1. The average Bonchev–Trinajstić information content (AvgIpc) is 2.28. The number of rotatable bonds is 4. The van der Waals surface area contributed by atoms with Gasteiger partial charge in [0.25, 0.3) is 0 Å². The van der Waals surface area contributed by atoms with Crippen molar-refractivity contribution in [3.05, 3.63) is 22.7 Å². The second kappa shape index (κ2) is 5.51. The summed E-state index contributed by atoms with van der Waals surface area (Å²) in [7, 11) is 1.58. The molecule has 1 aromatic rings. The largest absolute Gasteiger partial charge is 0.497 e. The van der Waals surface area contributed by atoms with Gasteiger partial charge in [0, 0.05) is 22.8 Å². The van der Waals surface area contributed by atoms with Gasteiger partial charge in [0.2, 0.25) is 5.91 Å². The Hall–Kier alpha value is -1.07. The van der Waals surface area contributed by atoms with Crippen molar-refractivity contribution >= 4 is 27.5 Å². The fourth-order valence-corrected chi connectivity index (χ4v) is 1.62. The maximum absolute atomic E-state index is 11.9. The lowest BCUT2D eigenvalue weighted by molar-refractivity contribution is -0.123. The topological polar surface area (TPSA) is 64.3 Å². The lowest BCUT2D eigenvalue weighted by Gasteiger charge is -2.21. The van der Waals surface area contributed by atoms with E-state index in [2.05, 4.69) is 21.2 Å². The molecule has 4 nitrogen and oxygen atoms in total. The van der Waals surface area contributed by atoms with Gasteiger partial charge in [0.15, 0.2) is 0 Å². The number of nitrogens with one attached hydrogen (secondary N) is 1. The fourth-order valence-electron chi connectivity index (χ4n) is 1.15. The lowest BCUT2D eigenvalue weighted by atomic mass is 9.92. The van der Waals surface area contributed by atoms with Crippen LogP contribution in [-0.4, -0.2) is 19.6 Å². The lowest BCUT2D eigenvalue weighted by Crippen LogP contribution is -2.37. The highest BCUT2D eigenvalue weighted by atomic mass is 79.9. The number of ether oxygens (including phenoxy) is 1. The molecule has 1 aromatic carbocycles. The molecule has 1 rings (SSSR count). The van der Waals surface area contributed by atoms with Crippen LogP contribution in [0.25, 0.3) is 0 Å². The first kappa shape index (κ1) is 14.0. The smallest absolute Gasteiger partial charge is 0.231 e. The quantitative estimate of drug-likeness (QED) is 0.897. The minimum Gasteiger partial charge on any atom is -0.497 e. The molecule has 1 amide bonds. The number of carbonyl (C=O) groups excluding carboxylic acids is 1. The van der Waals surface area contributed by atoms with E-state index in [-0.39, 0.29) is 5.91 Å². The molecule has 3 N–H and O–H groups in total. The average molecular weight is 301 g/mol. The molecule has 0 aliphatic rings. The van der Waals surface area contributed by atoms with Crippen LogP contribution in [-0.2, 0) is 4.79 Å². The Balaban J connectivity index is 2.88. The van der Waals surface area contributed by atoms with Gasteiger partial charge in [-0.2, -0.15) is 0 Å². The van der Waals surface area contributed by atoms with E-state index in [0.717, 1.165) is 4.47 Å². The van der Waals surface area contributed by atoms with Crippen LogP contribution in [0.3, 0.4) is 0 Å². The van der Waals surface area contributed by atoms with Crippen LogP contribution in [0.4, 0.5) is 5.69 Å². The number of hydrogen-bond acceptors (Lipinski definition) is 3. The normalized spacial score (nSPS) is 11.1. The third-order valence-corrected chi connectivity index (χ3v) is 2.95. The van der Waals surface area contributed by atoms with Gasteiger partial charge >= 0.3 is 0 Å². The molecule has 0 fully saturated rings. The molecule has 0 aromatic heterocycles. The summed E-state index contributed by atoms with van der Waals surface area (Å²) in [6.45, 7) is 3.90. The zero-order chi connectivity index (χ0) is 13.1. The van der Waals surface area contributed by atoms with Crippen molar-refractivity contribution in [1.82, 2.24) is 0 Å². The summed E-state index contributed by atoms with van der Waals surface area (Å²) < 4.78 is 5.97. The van der Waals surface area contributed by atoms with Crippen LogP contribution >= 0.6 is 15.9 Å². The maximum Gasteiger partial charge on any atom is 0.231 e. The molecular weight excluding hydrogens is 284 g/mol. The van der Waals surface area contributed by atoms with Crippen molar-refractivity contribution in [2.24, 2.45) is 11.1 Å². The second-order valence-corrected chi connectivity index (χ2v) is 5.34. The van der Waals surface area contributed by atoms with Crippen LogP contribution in [0.2, 0.25) is 0 Å². The van der Waals surface area contributed by atoms with E-state index in [0.29, 0.717) is 18.0 Å². The molecule has 0 unspecified atom stereocenters. The Morgan fingerprint density at radius 2 is 2.12 bits per heavy atom.